The molecule has 2 nitrogen and oxygen atoms in total. The van der Waals surface area contributed by atoms with Crippen molar-refractivity contribution in [3.63, 3.8) is 0 Å². The first kappa shape index (κ1) is 17.9. The summed E-state index contributed by atoms with van der Waals surface area (Å²) in [6.45, 7) is 7.25. The highest BCUT2D eigenvalue weighted by Crippen LogP contribution is 2.27. The molecule has 23 heavy (non-hydrogen) atoms. The van der Waals surface area contributed by atoms with Gasteiger partial charge in [-0.1, -0.05) is 64.0 Å². The number of hydrogen-bond donors (Lipinski definition) is 2. The Kier molecular flexibility index (Phi) is 6.58. The van der Waals surface area contributed by atoms with E-state index >= 15 is 0 Å². The Labute approximate surface area is 147 Å². The molecule has 0 aromatic heterocycles. The molecule has 2 aromatic rings. The van der Waals surface area contributed by atoms with E-state index in [1.807, 2.05) is 37.3 Å². The van der Waals surface area contributed by atoms with E-state index in [0.717, 1.165) is 28.6 Å². The molecule has 0 aliphatic rings. The molecule has 0 amide bonds. The predicted octanol–water partition coefficient (Wildman–Crippen LogP) is 4.44. The number of hydrogen-bond acceptors (Lipinski definition) is 2. The molecule has 2 rings (SSSR count). The summed E-state index contributed by atoms with van der Waals surface area (Å²) >= 11 is 3.45. The van der Waals surface area contributed by atoms with Gasteiger partial charge in [0.15, 0.2) is 0 Å². The molecule has 0 aliphatic heterocycles. The third kappa shape index (κ3) is 5.61. The van der Waals surface area contributed by atoms with Crippen LogP contribution in [0, 0.1) is 0 Å². The van der Waals surface area contributed by atoms with Crippen LogP contribution in [-0.4, -0.2) is 18.2 Å². The molecular formula is C20H24BrNO. The third-order valence-corrected chi connectivity index (χ3v) is 4.36. The van der Waals surface area contributed by atoms with Crippen molar-refractivity contribution in [2.45, 2.75) is 25.4 Å². The molecule has 0 saturated heterocycles. The standard InChI is InChI=1S/C20H24BrNO/c1-16(2)14-20(23,18-6-4-3-5-7-18)15-22-13-12-17-8-10-19(21)11-9-17/h3-11,22-23H,1,12-15H2,2H3/t20-/m1/s1. The normalized spacial score (nSPS) is 13.5. The van der Waals surface area contributed by atoms with Crippen LogP contribution in [0.3, 0.4) is 0 Å². The maximum atomic E-state index is 11.1. The molecular weight excluding hydrogens is 350 g/mol. The molecule has 0 bridgehead atoms. The fourth-order valence-corrected chi connectivity index (χ4v) is 2.96. The summed E-state index contributed by atoms with van der Waals surface area (Å²) in [5, 5.41) is 14.4. The molecule has 0 aliphatic carbocycles. The summed E-state index contributed by atoms with van der Waals surface area (Å²) in [7, 11) is 0. The van der Waals surface area contributed by atoms with E-state index in [-0.39, 0.29) is 0 Å². The van der Waals surface area contributed by atoms with Crippen LogP contribution in [0.25, 0.3) is 0 Å². The van der Waals surface area contributed by atoms with Gasteiger partial charge in [-0.3, -0.25) is 0 Å². The summed E-state index contributed by atoms with van der Waals surface area (Å²) in [6.07, 6.45) is 1.49. The monoisotopic (exact) mass is 373 g/mol. The van der Waals surface area contributed by atoms with Crippen LogP contribution in [0.4, 0.5) is 0 Å². The topological polar surface area (TPSA) is 32.3 Å². The zero-order valence-corrected chi connectivity index (χ0v) is 15.1. The Balaban J connectivity index is 1.93. The molecule has 0 unspecified atom stereocenters. The quantitative estimate of drug-likeness (QED) is 0.529. The number of benzene rings is 2. The van der Waals surface area contributed by atoms with Crippen molar-refractivity contribution in [3.05, 3.63) is 82.3 Å². The fraction of sp³-hybridized carbons (Fsp3) is 0.300. The van der Waals surface area contributed by atoms with Crippen molar-refractivity contribution in [2.75, 3.05) is 13.1 Å². The van der Waals surface area contributed by atoms with E-state index in [4.69, 9.17) is 0 Å². The molecule has 2 N–H and O–H groups in total. The Hall–Kier alpha value is -1.42. The van der Waals surface area contributed by atoms with E-state index in [1.165, 1.54) is 5.56 Å². The highest BCUT2D eigenvalue weighted by Gasteiger charge is 2.28. The SMILES string of the molecule is C=C(C)C[C@@](O)(CNCCc1ccc(Br)cc1)c1ccccc1. The Bertz CT molecular complexity index is 624. The second-order valence-corrected chi connectivity index (χ2v) is 7.00. The number of halogens is 1. The summed E-state index contributed by atoms with van der Waals surface area (Å²) in [5.41, 5.74) is 2.28. The Morgan fingerprint density at radius 1 is 1.13 bits per heavy atom. The molecule has 2 aromatic carbocycles. The van der Waals surface area contributed by atoms with Crippen LogP contribution < -0.4 is 5.32 Å². The van der Waals surface area contributed by atoms with E-state index in [0.29, 0.717) is 13.0 Å². The van der Waals surface area contributed by atoms with E-state index in [2.05, 4.69) is 52.1 Å². The largest absolute Gasteiger partial charge is 0.383 e. The van der Waals surface area contributed by atoms with Crippen molar-refractivity contribution >= 4 is 15.9 Å². The van der Waals surface area contributed by atoms with Crippen LogP contribution in [-0.2, 0) is 12.0 Å². The van der Waals surface area contributed by atoms with Gasteiger partial charge in [-0.25, -0.2) is 0 Å². The maximum Gasteiger partial charge on any atom is 0.106 e. The molecule has 0 spiro atoms. The Morgan fingerprint density at radius 3 is 2.39 bits per heavy atom. The first-order valence-electron chi connectivity index (χ1n) is 7.87. The molecule has 3 heteroatoms. The first-order chi connectivity index (χ1) is 11.0. The van der Waals surface area contributed by atoms with E-state index in [9.17, 15) is 5.11 Å². The molecule has 0 radical (unpaired) electrons. The summed E-state index contributed by atoms with van der Waals surface area (Å²) in [5.74, 6) is 0. The summed E-state index contributed by atoms with van der Waals surface area (Å²) < 4.78 is 1.09. The van der Waals surface area contributed by atoms with Gasteiger partial charge in [0, 0.05) is 17.4 Å². The van der Waals surface area contributed by atoms with Gasteiger partial charge in [0.1, 0.15) is 5.60 Å². The van der Waals surface area contributed by atoms with Crippen molar-refractivity contribution in [1.82, 2.24) is 5.32 Å². The lowest BCUT2D eigenvalue weighted by Gasteiger charge is -2.29. The number of rotatable bonds is 8. The van der Waals surface area contributed by atoms with Crippen LogP contribution in [0.2, 0.25) is 0 Å². The van der Waals surface area contributed by atoms with Crippen LogP contribution in [0.5, 0.6) is 0 Å². The molecule has 122 valence electrons. The van der Waals surface area contributed by atoms with Gasteiger partial charge in [-0.05, 0) is 43.1 Å². The van der Waals surface area contributed by atoms with Crippen molar-refractivity contribution < 1.29 is 5.11 Å². The minimum Gasteiger partial charge on any atom is -0.383 e. The maximum absolute atomic E-state index is 11.1. The highest BCUT2D eigenvalue weighted by molar-refractivity contribution is 9.10. The van der Waals surface area contributed by atoms with Gasteiger partial charge in [-0.15, -0.1) is 6.58 Å². The van der Waals surface area contributed by atoms with Crippen LogP contribution >= 0.6 is 15.9 Å². The zero-order chi connectivity index (χ0) is 16.7. The molecule has 1 atom stereocenters. The number of nitrogens with one attached hydrogen (secondary N) is 1. The average molecular weight is 374 g/mol. The highest BCUT2D eigenvalue weighted by atomic mass is 79.9. The van der Waals surface area contributed by atoms with E-state index in [1.54, 1.807) is 0 Å². The molecule has 0 saturated carbocycles. The second kappa shape index (κ2) is 8.44. The van der Waals surface area contributed by atoms with Gasteiger partial charge in [0.2, 0.25) is 0 Å². The van der Waals surface area contributed by atoms with Crippen LogP contribution in [0.1, 0.15) is 24.5 Å². The Morgan fingerprint density at radius 2 is 1.78 bits per heavy atom. The number of aliphatic hydroxyl groups is 1. The minimum atomic E-state index is -0.910. The van der Waals surface area contributed by atoms with Gasteiger partial charge < -0.3 is 10.4 Å². The van der Waals surface area contributed by atoms with Crippen molar-refractivity contribution in [2.24, 2.45) is 0 Å². The predicted molar refractivity (Wildman–Crippen MR) is 100 cm³/mol. The van der Waals surface area contributed by atoms with Gasteiger partial charge in [0.05, 0.1) is 0 Å². The average Bonchev–Trinajstić information content (AvgIpc) is 2.53. The van der Waals surface area contributed by atoms with Crippen molar-refractivity contribution in [1.29, 1.82) is 0 Å². The minimum absolute atomic E-state index is 0.514. The van der Waals surface area contributed by atoms with Gasteiger partial charge >= 0.3 is 0 Å². The lowest BCUT2D eigenvalue weighted by molar-refractivity contribution is 0.0374. The molecule has 0 heterocycles. The summed E-state index contributed by atoms with van der Waals surface area (Å²) in [6, 6.07) is 18.2. The van der Waals surface area contributed by atoms with E-state index < -0.39 is 5.60 Å². The van der Waals surface area contributed by atoms with Gasteiger partial charge in [0.25, 0.3) is 0 Å². The third-order valence-electron chi connectivity index (χ3n) is 3.83. The fourth-order valence-electron chi connectivity index (χ4n) is 2.69. The van der Waals surface area contributed by atoms with Crippen LogP contribution in [0.15, 0.2) is 71.2 Å². The van der Waals surface area contributed by atoms with Gasteiger partial charge in [-0.2, -0.15) is 0 Å². The van der Waals surface area contributed by atoms with Crippen molar-refractivity contribution in [3.8, 4) is 0 Å². The molecule has 0 fully saturated rings. The summed E-state index contributed by atoms with van der Waals surface area (Å²) in [4.78, 5) is 0. The second-order valence-electron chi connectivity index (χ2n) is 6.08. The first-order valence-corrected chi connectivity index (χ1v) is 8.66. The zero-order valence-electron chi connectivity index (χ0n) is 13.6. The lowest BCUT2D eigenvalue weighted by Crippen LogP contribution is -2.39. The lowest BCUT2D eigenvalue weighted by atomic mass is 9.87. The smallest absolute Gasteiger partial charge is 0.106 e.